The number of hydrogen-bond donors (Lipinski definition) is 0. The van der Waals surface area contributed by atoms with Gasteiger partial charge >= 0.3 is 6.09 Å². The molecule has 1 aliphatic carbocycles. The minimum Gasteiger partial charge on any atom is -0.444 e. The van der Waals surface area contributed by atoms with Crippen molar-refractivity contribution >= 4 is 12.0 Å². The van der Waals surface area contributed by atoms with Crippen LogP contribution in [0.15, 0.2) is 0 Å². The second-order valence-corrected chi connectivity index (χ2v) is 8.12. The average molecular weight is 338 g/mol. The third-order valence-electron chi connectivity index (χ3n) is 5.18. The number of nitrogens with zero attached hydrogens (tertiary/aromatic N) is 2. The number of fused-ring (bicyclic) bond motifs is 1. The van der Waals surface area contributed by atoms with Gasteiger partial charge in [-0.1, -0.05) is 12.8 Å². The van der Waals surface area contributed by atoms with Crippen molar-refractivity contribution in [3.63, 3.8) is 0 Å². The largest absolute Gasteiger partial charge is 0.444 e. The second-order valence-electron chi connectivity index (χ2n) is 8.12. The van der Waals surface area contributed by atoms with Crippen LogP contribution < -0.4 is 0 Å². The zero-order valence-electron chi connectivity index (χ0n) is 15.1. The van der Waals surface area contributed by atoms with Gasteiger partial charge in [0.25, 0.3) is 0 Å². The molecule has 2 saturated heterocycles. The number of rotatable bonds is 1. The molecule has 136 valence electrons. The van der Waals surface area contributed by atoms with E-state index in [1.54, 1.807) is 4.90 Å². The average Bonchev–Trinajstić information content (AvgIpc) is 3.02. The van der Waals surface area contributed by atoms with E-state index in [0.717, 1.165) is 32.1 Å². The molecule has 0 unspecified atom stereocenters. The van der Waals surface area contributed by atoms with E-state index < -0.39 is 5.60 Å². The van der Waals surface area contributed by atoms with Crippen LogP contribution in [-0.2, 0) is 14.3 Å². The first kappa shape index (κ1) is 17.5. The summed E-state index contributed by atoms with van der Waals surface area (Å²) in [6.07, 6.45) is 5.76. The SMILES string of the molecule is CC(C)(C)OC(=O)N1CCC[C@H]1C(=O)N1CCO[C@@H]2CCCC[C@H]21. The molecule has 1 saturated carbocycles. The summed E-state index contributed by atoms with van der Waals surface area (Å²) in [5, 5.41) is 0. The Balaban J connectivity index is 1.69. The Morgan fingerprint density at radius 3 is 2.50 bits per heavy atom. The molecule has 2 amide bonds. The summed E-state index contributed by atoms with van der Waals surface area (Å²) < 4.78 is 11.4. The Hall–Kier alpha value is -1.30. The van der Waals surface area contributed by atoms with E-state index >= 15 is 0 Å². The quantitative estimate of drug-likeness (QED) is 0.737. The van der Waals surface area contributed by atoms with Crippen molar-refractivity contribution in [1.29, 1.82) is 0 Å². The molecule has 2 heterocycles. The lowest BCUT2D eigenvalue weighted by Gasteiger charge is -2.45. The molecule has 3 atom stereocenters. The lowest BCUT2D eigenvalue weighted by atomic mass is 9.89. The van der Waals surface area contributed by atoms with Crippen LogP contribution in [0.4, 0.5) is 4.79 Å². The highest BCUT2D eigenvalue weighted by molar-refractivity contribution is 5.86. The van der Waals surface area contributed by atoms with Crippen molar-refractivity contribution in [2.24, 2.45) is 0 Å². The number of carbonyl (C=O) groups is 2. The highest BCUT2D eigenvalue weighted by Crippen LogP contribution is 2.31. The molecule has 0 aromatic heterocycles. The topological polar surface area (TPSA) is 59.1 Å². The maximum atomic E-state index is 13.2. The molecule has 6 nitrogen and oxygen atoms in total. The van der Waals surface area contributed by atoms with Crippen molar-refractivity contribution in [3.8, 4) is 0 Å². The van der Waals surface area contributed by atoms with Crippen LogP contribution in [0, 0.1) is 0 Å². The molecule has 0 spiro atoms. The highest BCUT2D eigenvalue weighted by Gasteiger charge is 2.43. The van der Waals surface area contributed by atoms with E-state index in [2.05, 4.69) is 0 Å². The van der Waals surface area contributed by atoms with Gasteiger partial charge in [-0.25, -0.2) is 4.79 Å². The number of amides is 2. The Bertz CT molecular complexity index is 486. The standard InChI is InChI=1S/C18H30N2O4/c1-18(2,3)24-17(22)20-10-6-8-14(20)16(21)19-11-12-23-15-9-5-4-7-13(15)19/h13-15H,4-12H2,1-3H3/t13-,14+,15-/m1/s1. The number of carbonyl (C=O) groups excluding carboxylic acids is 2. The molecule has 24 heavy (non-hydrogen) atoms. The van der Waals surface area contributed by atoms with E-state index in [1.807, 2.05) is 25.7 Å². The number of ether oxygens (including phenoxy) is 2. The summed E-state index contributed by atoms with van der Waals surface area (Å²) in [5.41, 5.74) is -0.541. The van der Waals surface area contributed by atoms with Gasteiger partial charge in [0.2, 0.25) is 5.91 Å². The van der Waals surface area contributed by atoms with Gasteiger partial charge in [-0.05, 0) is 46.5 Å². The predicted molar refractivity (Wildman–Crippen MR) is 89.7 cm³/mol. The molecule has 0 radical (unpaired) electrons. The maximum absolute atomic E-state index is 13.2. The molecular formula is C18H30N2O4. The summed E-state index contributed by atoms with van der Waals surface area (Å²) >= 11 is 0. The molecule has 0 aromatic rings. The summed E-state index contributed by atoms with van der Waals surface area (Å²) in [6.45, 7) is 7.40. The molecule has 0 N–H and O–H groups in total. The minimum absolute atomic E-state index is 0.0820. The smallest absolute Gasteiger partial charge is 0.410 e. The van der Waals surface area contributed by atoms with Gasteiger partial charge in [0.1, 0.15) is 11.6 Å². The zero-order valence-corrected chi connectivity index (χ0v) is 15.1. The van der Waals surface area contributed by atoms with Crippen LogP contribution in [0.1, 0.15) is 59.3 Å². The third-order valence-corrected chi connectivity index (χ3v) is 5.18. The minimum atomic E-state index is -0.541. The Morgan fingerprint density at radius 1 is 1.00 bits per heavy atom. The number of hydrogen-bond acceptors (Lipinski definition) is 4. The molecular weight excluding hydrogens is 308 g/mol. The van der Waals surface area contributed by atoms with Crippen LogP contribution in [0.2, 0.25) is 0 Å². The molecule has 3 aliphatic rings. The molecule has 3 fully saturated rings. The van der Waals surface area contributed by atoms with Crippen molar-refractivity contribution in [2.45, 2.75) is 83.1 Å². The van der Waals surface area contributed by atoms with Gasteiger partial charge in [0.05, 0.1) is 18.8 Å². The monoisotopic (exact) mass is 338 g/mol. The van der Waals surface area contributed by atoms with Gasteiger partial charge in [-0.3, -0.25) is 9.69 Å². The van der Waals surface area contributed by atoms with Crippen molar-refractivity contribution in [1.82, 2.24) is 9.80 Å². The third kappa shape index (κ3) is 3.68. The van der Waals surface area contributed by atoms with E-state index in [9.17, 15) is 9.59 Å². The fourth-order valence-corrected chi connectivity index (χ4v) is 4.12. The second kappa shape index (κ2) is 6.90. The number of morpholine rings is 1. The Kier molecular flexibility index (Phi) is 5.04. The van der Waals surface area contributed by atoms with E-state index in [-0.39, 0.29) is 30.2 Å². The van der Waals surface area contributed by atoms with Crippen LogP contribution >= 0.6 is 0 Å². The van der Waals surface area contributed by atoms with Crippen LogP contribution in [0.5, 0.6) is 0 Å². The zero-order chi connectivity index (χ0) is 17.3. The first-order chi connectivity index (χ1) is 11.4. The Labute approximate surface area is 144 Å². The van der Waals surface area contributed by atoms with Gasteiger partial charge in [0.15, 0.2) is 0 Å². The van der Waals surface area contributed by atoms with Gasteiger partial charge in [-0.2, -0.15) is 0 Å². The number of likely N-dealkylation sites (tertiary alicyclic amines) is 1. The fourth-order valence-electron chi connectivity index (χ4n) is 4.12. The van der Waals surface area contributed by atoms with Crippen LogP contribution in [-0.4, -0.2) is 65.3 Å². The molecule has 0 aromatic carbocycles. The lowest BCUT2D eigenvalue weighted by Crippen LogP contribution is -2.59. The lowest BCUT2D eigenvalue weighted by molar-refractivity contribution is -0.153. The van der Waals surface area contributed by atoms with Crippen molar-refractivity contribution < 1.29 is 19.1 Å². The van der Waals surface area contributed by atoms with Crippen LogP contribution in [0.3, 0.4) is 0 Å². The van der Waals surface area contributed by atoms with Crippen molar-refractivity contribution in [2.75, 3.05) is 19.7 Å². The fraction of sp³-hybridized carbons (Fsp3) is 0.889. The highest BCUT2D eigenvalue weighted by atomic mass is 16.6. The normalized spacial score (nSPS) is 30.9. The Morgan fingerprint density at radius 2 is 1.75 bits per heavy atom. The summed E-state index contributed by atoms with van der Waals surface area (Å²) in [7, 11) is 0. The van der Waals surface area contributed by atoms with E-state index in [4.69, 9.17) is 9.47 Å². The molecule has 6 heteroatoms. The van der Waals surface area contributed by atoms with E-state index in [0.29, 0.717) is 19.7 Å². The van der Waals surface area contributed by atoms with Gasteiger partial charge in [0, 0.05) is 13.1 Å². The van der Waals surface area contributed by atoms with Gasteiger partial charge in [-0.15, -0.1) is 0 Å². The van der Waals surface area contributed by atoms with Gasteiger partial charge < -0.3 is 14.4 Å². The first-order valence-electron chi connectivity index (χ1n) is 9.28. The molecule has 0 bridgehead atoms. The summed E-state index contributed by atoms with van der Waals surface area (Å²) in [4.78, 5) is 29.2. The predicted octanol–water partition coefficient (Wildman–Crippen LogP) is 2.56. The maximum Gasteiger partial charge on any atom is 0.410 e. The summed E-state index contributed by atoms with van der Waals surface area (Å²) in [6, 6.07) is -0.193. The van der Waals surface area contributed by atoms with Crippen LogP contribution in [0.25, 0.3) is 0 Å². The molecule has 3 rings (SSSR count). The van der Waals surface area contributed by atoms with E-state index in [1.165, 1.54) is 6.42 Å². The van der Waals surface area contributed by atoms with Crippen molar-refractivity contribution in [3.05, 3.63) is 0 Å². The molecule has 2 aliphatic heterocycles. The first-order valence-corrected chi connectivity index (χ1v) is 9.28. The summed E-state index contributed by atoms with van der Waals surface area (Å²) in [5.74, 6) is 0.0820.